The predicted octanol–water partition coefficient (Wildman–Crippen LogP) is 4.03. The van der Waals surface area contributed by atoms with E-state index < -0.39 is 9.84 Å². The molecule has 1 heterocycles. The van der Waals surface area contributed by atoms with Crippen molar-refractivity contribution in [3.05, 3.63) is 58.3 Å². The van der Waals surface area contributed by atoms with Gasteiger partial charge in [0.2, 0.25) is 0 Å². The van der Waals surface area contributed by atoms with Crippen molar-refractivity contribution < 1.29 is 8.42 Å². The lowest BCUT2D eigenvalue weighted by Gasteiger charge is -2.13. The van der Waals surface area contributed by atoms with Crippen LogP contribution >= 0.6 is 35.3 Å². The van der Waals surface area contributed by atoms with Gasteiger partial charge in [-0.1, -0.05) is 43.3 Å². The standard InChI is InChI=1S/C20H29N3O2S2.HI/c1-3-21-20(23-15-17(2)19-11-7-13-26-19)22-12-8-14-27(24,25)16-18-9-5-4-6-10-18;/h4-7,9-11,13,17H,3,8,12,14-16H2,1-2H3,(H2,21,22,23);1H. The molecule has 5 nitrogen and oxygen atoms in total. The van der Waals surface area contributed by atoms with Crippen LogP contribution in [0.2, 0.25) is 0 Å². The first-order chi connectivity index (χ1) is 13.0. The Balaban J connectivity index is 0.00000392. The first-order valence-corrected chi connectivity index (χ1v) is 12.0. The third kappa shape index (κ3) is 9.38. The largest absolute Gasteiger partial charge is 0.357 e. The van der Waals surface area contributed by atoms with Crippen molar-refractivity contribution in [2.45, 2.75) is 31.9 Å². The maximum Gasteiger partial charge on any atom is 0.191 e. The van der Waals surface area contributed by atoms with Crippen molar-refractivity contribution >= 4 is 51.1 Å². The highest BCUT2D eigenvalue weighted by Gasteiger charge is 2.12. The van der Waals surface area contributed by atoms with E-state index in [1.807, 2.05) is 37.3 Å². The van der Waals surface area contributed by atoms with Crippen LogP contribution in [0.4, 0.5) is 0 Å². The summed E-state index contributed by atoms with van der Waals surface area (Å²) in [4.78, 5) is 5.94. The lowest BCUT2D eigenvalue weighted by molar-refractivity contribution is 0.591. The van der Waals surface area contributed by atoms with Crippen LogP contribution in [0, 0.1) is 0 Å². The molecule has 1 aromatic carbocycles. The normalized spacial score (nSPS) is 12.9. The zero-order valence-electron chi connectivity index (χ0n) is 16.4. The predicted molar refractivity (Wildman–Crippen MR) is 131 cm³/mol. The van der Waals surface area contributed by atoms with Crippen molar-refractivity contribution in [3.63, 3.8) is 0 Å². The highest BCUT2D eigenvalue weighted by Crippen LogP contribution is 2.20. The number of hydrogen-bond donors (Lipinski definition) is 2. The zero-order valence-corrected chi connectivity index (χ0v) is 20.4. The maximum absolute atomic E-state index is 12.2. The van der Waals surface area contributed by atoms with Crippen LogP contribution in [0.15, 0.2) is 52.8 Å². The van der Waals surface area contributed by atoms with Gasteiger partial charge in [0.05, 0.1) is 18.1 Å². The highest BCUT2D eigenvalue weighted by atomic mass is 127. The second-order valence-electron chi connectivity index (χ2n) is 6.49. The summed E-state index contributed by atoms with van der Waals surface area (Å²) >= 11 is 1.74. The van der Waals surface area contributed by atoms with E-state index in [2.05, 4.69) is 40.1 Å². The molecule has 0 aliphatic carbocycles. The lowest BCUT2D eigenvalue weighted by atomic mass is 10.1. The Morgan fingerprint density at radius 3 is 2.54 bits per heavy atom. The summed E-state index contributed by atoms with van der Waals surface area (Å²) in [6, 6.07) is 13.5. The zero-order chi connectivity index (χ0) is 19.5. The number of hydrogen-bond acceptors (Lipinski definition) is 4. The fourth-order valence-corrected chi connectivity index (χ4v) is 4.84. The van der Waals surface area contributed by atoms with Crippen molar-refractivity contribution in [3.8, 4) is 0 Å². The molecular weight excluding hydrogens is 505 g/mol. The molecule has 1 aromatic heterocycles. The van der Waals surface area contributed by atoms with E-state index in [4.69, 9.17) is 0 Å². The number of nitrogens with one attached hydrogen (secondary N) is 2. The van der Waals surface area contributed by atoms with Gasteiger partial charge in [0.1, 0.15) is 0 Å². The maximum atomic E-state index is 12.2. The SMILES string of the molecule is CCNC(=NCC(C)c1cccs1)NCCCS(=O)(=O)Cc1ccccc1.I. The van der Waals surface area contributed by atoms with Crippen LogP contribution in [0.5, 0.6) is 0 Å². The monoisotopic (exact) mass is 535 g/mol. The molecule has 156 valence electrons. The summed E-state index contributed by atoms with van der Waals surface area (Å²) in [7, 11) is -3.10. The Kier molecular flexibility index (Phi) is 11.7. The molecule has 2 N–H and O–H groups in total. The molecule has 0 radical (unpaired) electrons. The van der Waals surface area contributed by atoms with E-state index in [1.54, 1.807) is 11.3 Å². The summed E-state index contributed by atoms with van der Waals surface area (Å²) in [5, 5.41) is 8.53. The van der Waals surface area contributed by atoms with Gasteiger partial charge in [-0.3, -0.25) is 4.99 Å². The van der Waals surface area contributed by atoms with Gasteiger partial charge in [0, 0.05) is 23.9 Å². The molecule has 0 saturated heterocycles. The van der Waals surface area contributed by atoms with Crippen molar-refractivity contribution in [2.75, 3.05) is 25.4 Å². The number of benzene rings is 1. The highest BCUT2D eigenvalue weighted by molar-refractivity contribution is 14.0. The minimum absolute atomic E-state index is 0. The van der Waals surface area contributed by atoms with Gasteiger partial charge in [-0.25, -0.2) is 8.42 Å². The van der Waals surface area contributed by atoms with Crippen LogP contribution < -0.4 is 10.6 Å². The summed E-state index contributed by atoms with van der Waals surface area (Å²) in [5.74, 6) is 1.37. The molecule has 1 atom stereocenters. The van der Waals surface area contributed by atoms with E-state index in [0.29, 0.717) is 25.4 Å². The van der Waals surface area contributed by atoms with E-state index in [9.17, 15) is 8.42 Å². The smallest absolute Gasteiger partial charge is 0.191 e. The summed E-state index contributed by atoms with van der Waals surface area (Å²) in [5.41, 5.74) is 0.836. The first kappa shape index (κ1) is 24.9. The Morgan fingerprint density at radius 1 is 1.14 bits per heavy atom. The second kappa shape index (κ2) is 13.2. The fourth-order valence-electron chi connectivity index (χ4n) is 2.63. The molecule has 2 aromatic rings. The second-order valence-corrected chi connectivity index (χ2v) is 9.66. The minimum Gasteiger partial charge on any atom is -0.357 e. The van der Waals surface area contributed by atoms with Crippen LogP contribution in [0.1, 0.15) is 36.6 Å². The number of aliphatic imine (C=N–C) groups is 1. The first-order valence-electron chi connectivity index (χ1n) is 9.30. The average Bonchev–Trinajstić information content (AvgIpc) is 3.18. The summed E-state index contributed by atoms with van der Waals surface area (Å²) < 4.78 is 24.5. The molecule has 0 aliphatic heterocycles. The van der Waals surface area contributed by atoms with Crippen molar-refractivity contribution in [2.24, 2.45) is 4.99 Å². The lowest BCUT2D eigenvalue weighted by Crippen LogP contribution is -2.38. The molecule has 28 heavy (non-hydrogen) atoms. The molecule has 0 fully saturated rings. The third-order valence-electron chi connectivity index (χ3n) is 4.05. The van der Waals surface area contributed by atoms with Crippen LogP contribution in [0.3, 0.4) is 0 Å². The van der Waals surface area contributed by atoms with E-state index >= 15 is 0 Å². The van der Waals surface area contributed by atoms with E-state index in [0.717, 1.165) is 18.1 Å². The Hall–Kier alpha value is -1.13. The Labute approximate surface area is 190 Å². The molecule has 1 unspecified atom stereocenters. The van der Waals surface area contributed by atoms with Gasteiger partial charge in [0.15, 0.2) is 15.8 Å². The van der Waals surface area contributed by atoms with Gasteiger partial charge in [-0.2, -0.15) is 0 Å². The van der Waals surface area contributed by atoms with Crippen LogP contribution in [-0.4, -0.2) is 39.8 Å². The quantitative estimate of drug-likeness (QED) is 0.209. The number of halogens is 1. The Bertz CT molecular complexity index is 794. The molecule has 0 amide bonds. The average molecular weight is 536 g/mol. The molecular formula is C20H30IN3O2S2. The number of guanidine groups is 1. The van der Waals surface area contributed by atoms with E-state index in [-0.39, 0.29) is 35.5 Å². The van der Waals surface area contributed by atoms with Gasteiger partial charge in [0.25, 0.3) is 0 Å². The third-order valence-corrected chi connectivity index (χ3v) is 6.84. The minimum atomic E-state index is -3.10. The number of rotatable bonds is 10. The van der Waals surface area contributed by atoms with Crippen molar-refractivity contribution in [1.82, 2.24) is 10.6 Å². The van der Waals surface area contributed by atoms with Gasteiger partial charge in [-0.15, -0.1) is 35.3 Å². The molecule has 0 spiro atoms. The number of nitrogens with zero attached hydrogens (tertiary/aromatic N) is 1. The molecule has 2 rings (SSSR count). The topological polar surface area (TPSA) is 70.6 Å². The van der Waals surface area contributed by atoms with Gasteiger partial charge in [-0.05, 0) is 30.4 Å². The van der Waals surface area contributed by atoms with Crippen LogP contribution in [0.25, 0.3) is 0 Å². The Morgan fingerprint density at radius 2 is 1.89 bits per heavy atom. The molecule has 8 heteroatoms. The number of sulfone groups is 1. The van der Waals surface area contributed by atoms with Crippen LogP contribution in [-0.2, 0) is 15.6 Å². The molecule has 0 bridgehead atoms. The van der Waals surface area contributed by atoms with E-state index in [1.165, 1.54) is 4.88 Å². The van der Waals surface area contributed by atoms with Gasteiger partial charge < -0.3 is 10.6 Å². The van der Waals surface area contributed by atoms with Gasteiger partial charge >= 0.3 is 0 Å². The van der Waals surface area contributed by atoms with Crippen molar-refractivity contribution in [1.29, 1.82) is 0 Å². The summed E-state index contributed by atoms with van der Waals surface area (Å²) in [6.45, 7) is 6.22. The molecule has 0 aliphatic rings. The molecule has 0 saturated carbocycles. The fraction of sp³-hybridized carbons (Fsp3) is 0.450. The summed E-state index contributed by atoms with van der Waals surface area (Å²) in [6.07, 6.45) is 0.556. The number of thiophene rings is 1.